The minimum atomic E-state index is 0. The predicted molar refractivity (Wildman–Crippen MR) is 143 cm³/mol. The maximum Gasteiger partial charge on any atom is 0.194 e. The molecular formula is C25H42IN5O. The number of ether oxygens (including phenoxy) is 1. The molecule has 1 atom stereocenters. The summed E-state index contributed by atoms with van der Waals surface area (Å²) in [5.74, 6) is 1.06. The summed E-state index contributed by atoms with van der Waals surface area (Å²) < 4.78 is 5.52. The van der Waals surface area contributed by atoms with Crippen LogP contribution in [-0.4, -0.2) is 85.7 Å². The number of nitrogens with zero attached hydrogens (tertiary/aromatic N) is 4. The standard InChI is InChI=1S/C25H41N5O.HI/c1-2-26-25(30-14-11-24(21-30)29-15-17-31-18-16-29)27-19-22-7-9-23(10-8-22)20-28-12-5-3-4-6-13-28;/h7-10,24H,2-6,11-21H2,1H3,(H,26,27);1H. The third-order valence-corrected chi connectivity index (χ3v) is 6.90. The van der Waals surface area contributed by atoms with Crippen molar-refractivity contribution >= 4 is 29.9 Å². The van der Waals surface area contributed by atoms with E-state index in [9.17, 15) is 0 Å². The first-order chi connectivity index (χ1) is 15.3. The van der Waals surface area contributed by atoms with Gasteiger partial charge in [0.05, 0.1) is 19.8 Å². The van der Waals surface area contributed by atoms with Gasteiger partial charge in [0.1, 0.15) is 0 Å². The normalized spacial score (nSPS) is 23.6. The average molecular weight is 556 g/mol. The van der Waals surface area contributed by atoms with Crippen molar-refractivity contribution in [1.29, 1.82) is 0 Å². The summed E-state index contributed by atoms with van der Waals surface area (Å²) >= 11 is 0. The Bertz CT molecular complexity index is 684. The van der Waals surface area contributed by atoms with Crippen LogP contribution in [0.5, 0.6) is 0 Å². The van der Waals surface area contributed by atoms with Gasteiger partial charge < -0.3 is 15.0 Å². The summed E-state index contributed by atoms with van der Waals surface area (Å²) in [4.78, 5) is 12.6. The molecule has 1 aromatic carbocycles. The summed E-state index contributed by atoms with van der Waals surface area (Å²) in [5.41, 5.74) is 2.72. The second-order valence-corrected chi connectivity index (χ2v) is 9.21. The van der Waals surface area contributed by atoms with Crippen molar-refractivity contribution in [2.24, 2.45) is 4.99 Å². The fourth-order valence-corrected chi connectivity index (χ4v) is 5.07. The van der Waals surface area contributed by atoms with Crippen LogP contribution in [0.4, 0.5) is 0 Å². The van der Waals surface area contributed by atoms with E-state index in [2.05, 4.69) is 51.2 Å². The number of likely N-dealkylation sites (tertiary alicyclic amines) is 2. The predicted octanol–water partition coefficient (Wildman–Crippen LogP) is 3.55. The van der Waals surface area contributed by atoms with Gasteiger partial charge in [-0.3, -0.25) is 9.80 Å². The molecule has 4 rings (SSSR count). The maximum absolute atomic E-state index is 5.52. The van der Waals surface area contributed by atoms with Crippen molar-refractivity contribution < 1.29 is 4.74 Å². The fourth-order valence-electron chi connectivity index (χ4n) is 5.07. The molecule has 0 bridgehead atoms. The molecule has 1 aromatic rings. The van der Waals surface area contributed by atoms with Gasteiger partial charge in [0, 0.05) is 45.3 Å². The van der Waals surface area contributed by atoms with E-state index in [1.807, 2.05) is 0 Å². The van der Waals surface area contributed by atoms with Crippen molar-refractivity contribution in [3.05, 3.63) is 35.4 Å². The first-order valence-electron chi connectivity index (χ1n) is 12.5. The summed E-state index contributed by atoms with van der Waals surface area (Å²) in [6.07, 6.45) is 6.71. The number of hydrogen-bond acceptors (Lipinski definition) is 4. The van der Waals surface area contributed by atoms with Gasteiger partial charge in [0.2, 0.25) is 0 Å². The van der Waals surface area contributed by atoms with Gasteiger partial charge in [0.15, 0.2) is 5.96 Å². The monoisotopic (exact) mass is 555 g/mol. The molecule has 180 valence electrons. The third kappa shape index (κ3) is 7.57. The van der Waals surface area contributed by atoms with Crippen LogP contribution < -0.4 is 5.32 Å². The Hall–Kier alpha value is -0.900. The summed E-state index contributed by atoms with van der Waals surface area (Å²) in [5, 5.41) is 3.52. The van der Waals surface area contributed by atoms with Gasteiger partial charge in [-0.05, 0) is 50.4 Å². The Labute approximate surface area is 211 Å². The number of halogens is 1. The van der Waals surface area contributed by atoms with Crippen molar-refractivity contribution in [3.63, 3.8) is 0 Å². The molecule has 0 saturated carbocycles. The average Bonchev–Trinajstić information content (AvgIpc) is 3.16. The Balaban J connectivity index is 0.00000289. The molecule has 7 heteroatoms. The quantitative estimate of drug-likeness (QED) is 0.331. The highest BCUT2D eigenvalue weighted by Gasteiger charge is 2.30. The van der Waals surface area contributed by atoms with Crippen LogP contribution >= 0.6 is 24.0 Å². The molecule has 0 aliphatic carbocycles. The van der Waals surface area contributed by atoms with Gasteiger partial charge >= 0.3 is 0 Å². The van der Waals surface area contributed by atoms with E-state index < -0.39 is 0 Å². The van der Waals surface area contributed by atoms with E-state index in [1.165, 1.54) is 56.3 Å². The minimum Gasteiger partial charge on any atom is -0.379 e. The van der Waals surface area contributed by atoms with Crippen molar-refractivity contribution in [1.82, 2.24) is 20.0 Å². The molecule has 0 amide bonds. The fraction of sp³-hybridized carbons (Fsp3) is 0.720. The molecule has 0 aromatic heterocycles. The summed E-state index contributed by atoms with van der Waals surface area (Å²) in [7, 11) is 0. The Morgan fingerprint density at radius 2 is 1.66 bits per heavy atom. The Kier molecular flexibility index (Phi) is 11.0. The topological polar surface area (TPSA) is 43.3 Å². The van der Waals surface area contributed by atoms with Crippen LogP contribution in [0.2, 0.25) is 0 Å². The first kappa shape index (κ1) is 25.7. The highest BCUT2D eigenvalue weighted by atomic mass is 127. The zero-order valence-corrected chi connectivity index (χ0v) is 22.1. The van der Waals surface area contributed by atoms with Crippen LogP contribution in [-0.2, 0) is 17.8 Å². The van der Waals surface area contributed by atoms with E-state index in [4.69, 9.17) is 9.73 Å². The number of guanidine groups is 1. The maximum atomic E-state index is 5.52. The molecule has 3 aliphatic rings. The van der Waals surface area contributed by atoms with Crippen molar-refractivity contribution in [2.45, 2.75) is 58.2 Å². The summed E-state index contributed by atoms with van der Waals surface area (Å²) in [6, 6.07) is 9.76. The highest BCUT2D eigenvalue weighted by Crippen LogP contribution is 2.18. The van der Waals surface area contributed by atoms with Crippen LogP contribution in [0.3, 0.4) is 0 Å². The van der Waals surface area contributed by atoms with E-state index in [-0.39, 0.29) is 24.0 Å². The molecule has 3 fully saturated rings. The zero-order valence-electron chi connectivity index (χ0n) is 19.8. The number of hydrogen-bond donors (Lipinski definition) is 1. The van der Waals surface area contributed by atoms with Crippen molar-refractivity contribution in [2.75, 3.05) is 59.0 Å². The lowest BCUT2D eigenvalue weighted by molar-refractivity contribution is 0.0195. The number of rotatable bonds is 6. The molecule has 0 spiro atoms. The number of aliphatic imine (C=N–C) groups is 1. The lowest BCUT2D eigenvalue weighted by Crippen LogP contribution is -2.46. The van der Waals surface area contributed by atoms with Crippen molar-refractivity contribution in [3.8, 4) is 0 Å². The first-order valence-corrected chi connectivity index (χ1v) is 12.5. The van der Waals surface area contributed by atoms with E-state index in [0.29, 0.717) is 6.04 Å². The second kappa shape index (κ2) is 13.7. The smallest absolute Gasteiger partial charge is 0.194 e. The molecule has 32 heavy (non-hydrogen) atoms. The molecule has 3 aliphatic heterocycles. The van der Waals surface area contributed by atoms with Gasteiger partial charge in [-0.2, -0.15) is 0 Å². The number of nitrogens with one attached hydrogen (secondary N) is 1. The van der Waals surface area contributed by atoms with Crippen LogP contribution in [0, 0.1) is 0 Å². The lowest BCUT2D eigenvalue weighted by atomic mass is 10.1. The molecule has 3 saturated heterocycles. The number of morpholine rings is 1. The Morgan fingerprint density at radius 3 is 2.34 bits per heavy atom. The van der Waals surface area contributed by atoms with Crippen LogP contribution in [0.1, 0.15) is 50.2 Å². The third-order valence-electron chi connectivity index (χ3n) is 6.90. The van der Waals surface area contributed by atoms with Gasteiger partial charge in [-0.15, -0.1) is 24.0 Å². The largest absolute Gasteiger partial charge is 0.379 e. The molecule has 1 unspecified atom stereocenters. The lowest BCUT2D eigenvalue weighted by Gasteiger charge is -2.32. The minimum absolute atomic E-state index is 0. The van der Waals surface area contributed by atoms with E-state index in [0.717, 1.165) is 65.0 Å². The molecule has 3 heterocycles. The Morgan fingerprint density at radius 1 is 0.969 bits per heavy atom. The second-order valence-electron chi connectivity index (χ2n) is 9.21. The van der Waals surface area contributed by atoms with Gasteiger partial charge in [-0.25, -0.2) is 4.99 Å². The summed E-state index contributed by atoms with van der Waals surface area (Å²) in [6.45, 7) is 13.4. The number of benzene rings is 1. The van der Waals surface area contributed by atoms with Gasteiger partial charge in [-0.1, -0.05) is 37.1 Å². The molecular weight excluding hydrogens is 513 g/mol. The highest BCUT2D eigenvalue weighted by molar-refractivity contribution is 14.0. The van der Waals surface area contributed by atoms with Crippen LogP contribution in [0.15, 0.2) is 29.3 Å². The van der Waals surface area contributed by atoms with E-state index >= 15 is 0 Å². The van der Waals surface area contributed by atoms with Gasteiger partial charge in [0.25, 0.3) is 0 Å². The van der Waals surface area contributed by atoms with E-state index in [1.54, 1.807) is 0 Å². The SMILES string of the molecule is CCNC(=NCc1ccc(CN2CCCCCC2)cc1)N1CCC(N2CCOCC2)C1.I. The molecule has 6 nitrogen and oxygen atoms in total. The molecule has 1 N–H and O–H groups in total. The molecule has 0 radical (unpaired) electrons. The van der Waals surface area contributed by atoms with Crippen LogP contribution in [0.25, 0.3) is 0 Å². The zero-order chi connectivity index (χ0) is 21.3.